The summed E-state index contributed by atoms with van der Waals surface area (Å²) in [5.41, 5.74) is 2.29. The molecular weight excluding hydrogens is 240 g/mol. The maximum Gasteiger partial charge on any atom is 0.261 e. The number of anilines is 1. The first-order valence-electron chi connectivity index (χ1n) is 6.16. The number of hydrogen-bond acceptors (Lipinski definition) is 3. The van der Waals surface area contributed by atoms with Crippen LogP contribution < -0.4 is 10.1 Å². The van der Waals surface area contributed by atoms with Crippen LogP contribution in [-0.2, 0) is 0 Å². The van der Waals surface area contributed by atoms with Gasteiger partial charge in [0.2, 0.25) is 5.88 Å². The van der Waals surface area contributed by atoms with Gasteiger partial charge in [0, 0.05) is 11.9 Å². The molecule has 0 atom stereocenters. The molecule has 0 bridgehead atoms. The van der Waals surface area contributed by atoms with Gasteiger partial charge in [-0.15, -0.1) is 0 Å². The number of aryl methyl sites for hydroxylation is 1. The van der Waals surface area contributed by atoms with Crippen LogP contribution in [0.5, 0.6) is 5.88 Å². The third-order valence-electron chi connectivity index (χ3n) is 2.57. The Morgan fingerprint density at radius 3 is 2.89 bits per heavy atom. The largest absolute Gasteiger partial charge is 0.477 e. The first-order valence-corrected chi connectivity index (χ1v) is 6.16. The summed E-state index contributed by atoms with van der Waals surface area (Å²) in [6, 6.07) is 11.1. The number of aromatic nitrogens is 1. The van der Waals surface area contributed by atoms with Gasteiger partial charge in [0.15, 0.2) is 0 Å². The third kappa shape index (κ3) is 3.31. The van der Waals surface area contributed by atoms with Crippen molar-refractivity contribution in [3.63, 3.8) is 0 Å². The van der Waals surface area contributed by atoms with E-state index in [1.165, 1.54) is 0 Å². The zero-order valence-electron chi connectivity index (χ0n) is 11.0. The lowest BCUT2D eigenvalue weighted by Gasteiger charge is -2.09. The quantitative estimate of drug-likeness (QED) is 0.914. The first kappa shape index (κ1) is 13.1. The number of ether oxygens (including phenoxy) is 1. The van der Waals surface area contributed by atoms with Crippen molar-refractivity contribution in [2.75, 3.05) is 11.9 Å². The van der Waals surface area contributed by atoms with Crippen molar-refractivity contribution in [3.05, 3.63) is 53.7 Å². The molecule has 2 aromatic rings. The van der Waals surface area contributed by atoms with E-state index in [0.717, 1.165) is 11.3 Å². The molecule has 98 valence electrons. The standard InChI is InChI=1S/C15H16N2O2/c1-3-19-15-13(8-5-9-16-15)14(18)17-12-7-4-6-11(2)10-12/h4-10H,3H2,1-2H3,(H,17,18). The average Bonchev–Trinajstić information content (AvgIpc) is 2.39. The minimum atomic E-state index is -0.220. The second-order valence-electron chi connectivity index (χ2n) is 4.11. The number of amides is 1. The number of pyridine rings is 1. The van der Waals surface area contributed by atoms with Gasteiger partial charge in [-0.05, 0) is 43.7 Å². The Kier molecular flexibility index (Phi) is 4.13. The highest BCUT2D eigenvalue weighted by Crippen LogP contribution is 2.17. The van der Waals surface area contributed by atoms with Gasteiger partial charge in [0.25, 0.3) is 5.91 Å². The van der Waals surface area contributed by atoms with Gasteiger partial charge in [-0.1, -0.05) is 12.1 Å². The fourth-order valence-electron chi connectivity index (χ4n) is 1.74. The van der Waals surface area contributed by atoms with E-state index in [1.54, 1.807) is 18.3 Å². The summed E-state index contributed by atoms with van der Waals surface area (Å²) in [5.74, 6) is 0.136. The van der Waals surface area contributed by atoms with Gasteiger partial charge in [0.1, 0.15) is 5.56 Å². The number of carbonyl (C=O) groups is 1. The summed E-state index contributed by atoms with van der Waals surface area (Å²) >= 11 is 0. The monoisotopic (exact) mass is 256 g/mol. The molecule has 0 spiro atoms. The molecule has 2 rings (SSSR count). The molecule has 0 aliphatic heterocycles. The van der Waals surface area contributed by atoms with E-state index < -0.39 is 0 Å². The molecule has 0 aliphatic carbocycles. The summed E-state index contributed by atoms with van der Waals surface area (Å²) in [4.78, 5) is 16.3. The second kappa shape index (κ2) is 6.00. The lowest BCUT2D eigenvalue weighted by Crippen LogP contribution is -2.14. The van der Waals surface area contributed by atoms with E-state index in [2.05, 4.69) is 10.3 Å². The zero-order valence-corrected chi connectivity index (χ0v) is 11.0. The lowest BCUT2D eigenvalue weighted by atomic mass is 10.2. The van der Waals surface area contributed by atoms with Crippen LogP contribution >= 0.6 is 0 Å². The molecule has 0 unspecified atom stereocenters. The van der Waals surface area contributed by atoms with E-state index in [1.807, 2.05) is 38.1 Å². The van der Waals surface area contributed by atoms with Gasteiger partial charge in [0.05, 0.1) is 6.61 Å². The predicted molar refractivity (Wildman–Crippen MR) is 74.5 cm³/mol. The van der Waals surface area contributed by atoms with Crippen LogP contribution in [0.2, 0.25) is 0 Å². The van der Waals surface area contributed by atoms with Crippen LogP contribution in [0.15, 0.2) is 42.6 Å². The molecule has 1 heterocycles. The minimum Gasteiger partial charge on any atom is -0.477 e. The molecule has 0 aliphatic rings. The normalized spacial score (nSPS) is 10.0. The van der Waals surface area contributed by atoms with Crippen LogP contribution in [0.25, 0.3) is 0 Å². The molecular formula is C15H16N2O2. The highest BCUT2D eigenvalue weighted by molar-refractivity contribution is 6.05. The van der Waals surface area contributed by atoms with E-state index in [9.17, 15) is 4.79 Å². The molecule has 1 amide bonds. The molecule has 1 N–H and O–H groups in total. The number of carbonyl (C=O) groups excluding carboxylic acids is 1. The van der Waals surface area contributed by atoms with E-state index in [0.29, 0.717) is 18.1 Å². The van der Waals surface area contributed by atoms with Crippen LogP contribution in [-0.4, -0.2) is 17.5 Å². The fourth-order valence-corrected chi connectivity index (χ4v) is 1.74. The molecule has 19 heavy (non-hydrogen) atoms. The van der Waals surface area contributed by atoms with Gasteiger partial charge in [-0.25, -0.2) is 4.98 Å². The Hall–Kier alpha value is -2.36. The van der Waals surface area contributed by atoms with E-state index >= 15 is 0 Å². The molecule has 0 fully saturated rings. The number of nitrogens with one attached hydrogen (secondary N) is 1. The van der Waals surface area contributed by atoms with Crippen molar-refractivity contribution in [2.45, 2.75) is 13.8 Å². The zero-order chi connectivity index (χ0) is 13.7. The molecule has 1 aromatic carbocycles. The molecule has 1 aromatic heterocycles. The molecule has 4 nitrogen and oxygen atoms in total. The second-order valence-corrected chi connectivity index (χ2v) is 4.11. The molecule has 0 saturated carbocycles. The van der Waals surface area contributed by atoms with Crippen molar-refractivity contribution in [1.29, 1.82) is 0 Å². The Balaban J connectivity index is 2.20. The Morgan fingerprint density at radius 2 is 2.16 bits per heavy atom. The third-order valence-corrected chi connectivity index (χ3v) is 2.57. The van der Waals surface area contributed by atoms with Gasteiger partial charge in [-0.2, -0.15) is 0 Å². The van der Waals surface area contributed by atoms with E-state index in [4.69, 9.17) is 4.74 Å². The van der Waals surface area contributed by atoms with Crippen molar-refractivity contribution in [2.24, 2.45) is 0 Å². The van der Waals surface area contributed by atoms with Crippen LogP contribution in [0, 0.1) is 6.92 Å². The van der Waals surface area contributed by atoms with Crippen LogP contribution in [0.1, 0.15) is 22.8 Å². The van der Waals surface area contributed by atoms with Crippen molar-refractivity contribution >= 4 is 11.6 Å². The van der Waals surface area contributed by atoms with Crippen molar-refractivity contribution < 1.29 is 9.53 Å². The van der Waals surface area contributed by atoms with Gasteiger partial charge >= 0.3 is 0 Å². The topological polar surface area (TPSA) is 51.2 Å². The minimum absolute atomic E-state index is 0.220. The Bertz CT molecular complexity index is 582. The summed E-state index contributed by atoms with van der Waals surface area (Å²) in [7, 11) is 0. The van der Waals surface area contributed by atoms with Crippen LogP contribution in [0.3, 0.4) is 0 Å². The molecule has 0 radical (unpaired) electrons. The maximum atomic E-state index is 12.2. The Morgan fingerprint density at radius 1 is 1.32 bits per heavy atom. The highest BCUT2D eigenvalue weighted by Gasteiger charge is 2.13. The average molecular weight is 256 g/mol. The fraction of sp³-hybridized carbons (Fsp3) is 0.200. The Labute approximate surface area is 112 Å². The smallest absolute Gasteiger partial charge is 0.261 e. The van der Waals surface area contributed by atoms with Crippen molar-refractivity contribution in [1.82, 2.24) is 4.98 Å². The van der Waals surface area contributed by atoms with Crippen LogP contribution in [0.4, 0.5) is 5.69 Å². The van der Waals surface area contributed by atoms with Gasteiger partial charge in [-0.3, -0.25) is 4.79 Å². The SMILES string of the molecule is CCOc1ncccc1C(=O)Nc1cccc(C)c1. The number of rotatable bonds is 4. The highest BCUT2D eigenvalue weighted by atomic mass is 16.5. The summed E-state index contributed by atoms with van der Waals surface area (Å²) in [6.45, 7) is 4.31. The van der Waals surface area contributed by atoms with E-state index in [-0.39, 0.29) is 5.91 Å². The lowest BCUT2D eigenvalue weighted by molar-refractivity contribution is 0.102. The number of nitrogens with zero attached hydrogens (tertiary/aromatic N) is 1. The van der Waals surface area contributed by atoms with Crippen molar-refractivity contribution in [3.8, 4) is 5.88 Å². The predicted octanol–water partition coefficient (Wildman–Crippen LogP) is 3.04. The summed E-state index contributed by atoms with van der Waals surface area (Å²) in [5, 5.41) is 2.84. The van der Waals surface area contributed by atoms with Gasteiger partial charge < -0.3 is 10.1 Å². The first-order chi connectivity index (χ1) is 9.20. The molecule has 4 heteroatoms. The number of benzene rings is 1. The number of hydrogen-bond donors (Lipinski definition) is 1. The summed E-state index contributed by atoms with van der Waals surface area (Å²) in [6.07, 6.45) is 1.61. The molecule has 0 saturated heterocycles. The maximum absolute atomic E-state index is 12.2. The summed E-state index contributed by atoms with van der Waals surface area (Å²) < 4.78 is 5.35.